The van der Waals surface area contributed by atoms with Crippen LogP contribution in [0, 0.1) is 19.7 Å². The van der Waals surface area contributed by atoms with Crippen molar-refractivity contribution < 1.29 is 4.39 Å². The van der Waals surface area contributed by atoms with Crippen LogP contribution >= 0.6 is 0 Å². The van der Waals surface area contributed by atoms with Gasteiger partial charge in [0.25, 0.3) is 0 Å². The second-order valence-electron chi connectivity index (χ2n) is 4.78. The van der Waals surface area contributed by atoms with Crippen molar-refractivity contribution >= 4 is 11.6 Å². The first kappa shape index (κ1) is 14.1. The van der Waals surface area contributed by atoms with Crippen molar-refractivity contribution in [2.75, 3.05) is 5.32 Å². The zero-order valence-electron chi connectivity index (χ0n) is 11.7. The Balaban J connectivity index is 1.99. The zero-order chi connectivity index (χ0) is 14.5. The maximum atomic E-state index is 13.1. The Morgan fingerprint density at radius 2 is 1.85 bits per heavy atom. The van der Waals surface area contributed by atoms with Crippen molar-refractivity contribution in [3.63, 3.8) is 0 Å². The van der Waals surface area contributed by atoms with E-state index in [4.69, 9.17) is 5.73 Å². The first-order valence-electron chi connectivity index (χ1n) is 6.43. The lowest BCUT2D eigenvalue weighted by atomic mass is 10.1. The number of rotatable bonds is 3. The smallest absolute Gasteiger partial charge is 0.193 e. The molecule has 3 nitrogen and oxygen atoms in total. The van der Waals surface area contributed by atoms with E-state index in [-0.39, 0.29) is 5.82 Å². The Morgan fingerprint density at radius 1 is 1.15 bits per heavy atom. The summed E-state index contributed by atoms with van der Waals surface area (Å²) in [5, 5.41) is 3.02. The van der Waals surface area contributed by atoms with E-state index in [1.54, 1.807) is 19.1 Å². The molecule has 0 heterocycles. The minimum atomic E-state index is -0.205. The number of benzene rings is 2. The Bertz CT molecular complexity index is 618. The highest BCUT2D eigenvalue weighted by Gasteiger charge is 1.99. The predicted molar refractivity (Wildman–Crippen MR) is 81.3 cm³/mol. The van der Waals surface area contributed by atoms with E-state index < -0.39 is 0 Å². The third-order valence-corrected chi connectivity index (χ3v) is 2.98. The van der Waals surface area contributed by atoms with Crippen LogP contribution in [0.25, 0.3) is 0 Å². The number of nitrogens with one attached hydrogen (secondary N) is 1. The molecule has 0 spiro atoms. The molecule has 3 N–H and O–H groups in total. The van der Waals surface area contributed by atoms with Crippen LogP contribution in [0.3, 0.4) is 0 Å². The van der Waals surface area contributed by atoms with Gasteiger partial charge in [0.1, 0.15) is 5.82 Å². The molecule has 2 rings (SSSR count). The molecule has 0 aromatic heterocycles. The van der Waals surface area contributed by atoms with Crippen LogP contribution in [0.1, 0.15) is 16.7 Å². The van der Waals surface area contributed by atoms with Gasteiger partial charge in [-0.1, -0.05) is 29.8 Å². The minimum absolute atomic E-state index is 0.205. The highest BCUT2D eigenvalue weighted by atomic mass is 19.1. The molecule has 0 aliphatic carbocycles. The molecule has 0 atom stereocenters. The van der Waals surface area contributed by atoms with E-state index in [0.29, 0.717) is 18.1 Å². The van der Waals surface area contributed by atoms with Crippen LogP contribution < -0.4 is 11.1 Å². The first-order valence-corrected chi connectivity index (χ1v) is 6.43. The first-order chi connectivity index (χ1) is 9.54. The second kappa shape index (κ2) is 6.19. The van der Waals surface area contributed by atoms with Crippen molar-refractivity contribution in [2.45, 2.75) is 20.4 Å². The van der Waals surface area contributed by atoms with Crippen LogP contribution in [-0.2, 0) is 6.54 Å². The molecule has 0 bridgehead atoms. The average Bonchev–Trinajstić information content (AvgIpc) is 2.43. The number of halogens is 1. The predicted octanol–water partition coefficient (Wildman–Crippen LogP) is 3.37. The number of guanidine groups is 1. The number of anilines is 1. The quantitative estimate of drug-likeness (QED) is 0.664. The lowest BCUT2D eigenvalue weighted by Crippen LogP contribution is -2.22. The van der Waals surface area contributed by atoms with Crippen molar-refractivity contribution in [1.29, 1.82) is 0 Å². The summed E-state index contributed by atoms with van der Waals surface area (Å²) in [6.07, 6.45) is 0. The molecular weight excluding hydrogens is 253 g/mol. The molecule has 0 aliphatic rings. The minimum Gasteiger partial charge on any atom is -0.370 e. The molecule has 2 aromatic rings. The molecule has 0 saturated heterocycles. The summed E-state index contributed by atoms with van der Waals surface area (Å²) in [7, 11) is 0. The van der Waals surface area contributed by atoms with Gasteiger partial charge in [0.15, 0.2) is 5.96 Å². The summed E-state index contributed by atoms with van der Waals surface area (Å²) in [6, 6.07) is 12.8. The molecule has 4 heteroatoms. The van der Waals surface area contributed by atoms with Gasteiger partial charge in [0.2, 0.25) is 0 Å². The summed E-state index contributed by atoms with van der Waals surface area (Å²) < 4.78 is 13.1. The molecule has 2 aromatic carbocycles. The monoisotopic (exact) mass is 271 g/mol. The summed E-state index contributed by atoms with van der Waals surface area (Å²) in [6.45, 7) is 4.18. The second-order valence-corrected chi connectivity index (χ2v) is 4.78. The third-order valence-electron chi connectivity index (χ3n) is 2.98. The van der Waals surface area contributed by atoms with Gasteiger partial charge in [-0.05, 0) is 43.2 Å². The Hall–Kier alpha value is -2.36. The highest BCUT2D eigenvalue weighted by Crippen LogP contribution is 2.11. The summed E-state index contributed by atoms with van der Waals surface area (Å²) in [4.78, 5) is 4.24. The van der Waals surface area contributed by atoms with E-state index in [1.165, 1.54) is 11.6 Å². The van der Waals surface area contributed by atoms with Crippen LogP contribution in [-0.4, -0.2) is 5.96 Å². The summed E-state index contributed by atoms with van der Waals surface area (Å²) in [5.74, 6) is 0.138. The van der Waals surface area contributed by atoms with Gasteiger partial charge < -0.3 is 11.1 Å². The Morgan fingerprint density at radius 3 is 2.50 bits per heavy atom. The van der Waals surface area contributed by atoms with Gasteiger partial charge in [-0.15, -0.1) is 0 Å². The van der Waals surface area contributed by atoms with Crippen LogP contribution in [0.15, 0.2) is 47.5 Å². The van der Waals surface area contributed by atoms with Crippen molar-refractivity contribution in [1.82, 2.24) is 0 Å². The summed E-state index contributed by atoms with van der Waals surface area (Å²) >= 11 is 0. The van der Waals surface area contributed by atoms with Gasteiger partial charge in [-0.2, -0.15) is 0 Å². The fourth-order valence-corrected chi connectivity index (χ4v) is 1.81. The number of nitrogens with two attached hydrogens (primary N) is 1. The lowest BCUT2D eigenvalue weighted by Gasteiger charge is -2.06. The van der Waals surface area contributed by atoms with Crippen molar-refractivity contribution in [2.24, 2.45) is 10.7 Å². The number of aryl methyl sites for hydroxylation is 2. The molecule has 0 aliphatic heterocycles. The molecule has 0 fully saturated rings. The fourth-order valence-electron chi connectivity index (χ4n) is 1.81. The number of hydrogen-bond donors (Lipinski definition) is 2. The maximum Gasteiger partial charge on any atom is 0.193 e. The topological polar surface area (TPSA) is 50.4 Å². The van der Waals surface area contributed by atoms with Crippen molar-refractivity contribution in [3.8, 4) is 0 Å². The van der Waals surface area contributed by atoms with Gasteiger partial charge in [-0.25, -0.2) is 9.38 Å². The molecule has 0 radical (unpaired) electrons. The Labute approximate surface area is 118 Å². The maximum absolute atomic E-state index is 13.1. The SMILES string of the molecule is Cc1ccc(NC(N)=NCc2ccc(F)c(C)c2)cc1. The van der Waals surface area contributed by atoms with E-state index in [0.717, 1.165) is 11.3 Å². The van der Waals surface area contributed by atoms with E-state index in [2.05, 4.69) is 10.3 Å². The largest absolute Gasteiger partial charge is 0.370 e. The summed E-state index contributed by atoms with van der Waals surface area (Å²) in [5.41, 5.74) is 9.45. The fraction of sp³-hybridized carbons (Fsp3) is 0.188. The molecule has 104 valence electrons. The van der Waals surface area contributed by atoms with Gasteiger partial charge in [0, 0.05) is 5.69 Å². The third kappa shape index (κ3) is 3.82. The highest BCUT2D eigenvalue weighted by molar-refractivity contribution is 5.92. The zero-order valence-corrected chi connectivity index (χ0v) is 11.7. The molecule has 0 amide bonds. The van der Waals surface area contributed by atoms with Crippen LogP contribution in [0.2, 0.25) is 0 Å². The van der Waals surface area contributed by atoms with E-state index in [1.807, 2.05) is 31.2 Å². The van der Waals surface area contributed by atoms with Crippen LogP contribution in [0.5, 0.6) is 0 Å². The molecular formula is C16H18FN3. The number of aliphatic imine (C=N–C) groups is 1. The number of hydrogen-bond acceptors (Lipinski definition) is 1. The average molecular weight is 271 g/mol. The standard InChI is InChI=1S/C16H18FN3/c1-11-3-6-14(7-4-11)20-16(18)19-10-13-5-8-15(17)12(2)9-13/h3-9H,10H2,1-2H3,(H3,18,19,20). The number of nitrogens with zero attached hydrogens (tertiary/aromatic N) is 1. The van der Waals surface area contributed by atoms with E-state index >= 15 is 0 Å². The molecule has 0 saturated carbocycles. The lowest BCUT2D eigenvalue weighted by molar-refractivity contribution is 0.617. The van der Waals surface area contributed by atoms with Crippen LogP contribution in [0.4, 0.5) is 10.1 Å². The molecule has 0 unspecified atom stereocenters. The normalized spacial score (nSPS) is 11.4. The van der Waals surface area contributed by atoms with Gasteiger partial charge >= 0.3 is 0 Å². The Kier molecular flexibility index (Phi) is 4.35. The van der Waals surface area contributed by atoms with Gasteiger partial charge in [0.05, 0.1) is 6.54 Å². The van der Waals surface area contributed by atoms with E-state index in [9.17, 15) is 4.39 Å². The van der Waals surface area contributed by atoms with Gasteiger partial charge in [-0.3, -0.25) is 0 Å². The molecule has 20 heavy (non-hydrogen) atoms. The van der Waals surface area contributed by atoms with Crippen molar-refractivity contribution in [3.05, 3.63) is 65.0 Å².